The lowest BCUT2D eigenvalue weighted by atomic mass is 10.3. The molecular weight excluding hydrogens is 196 g/mol. The molecule has 0 saturated heterocycles. The number of ketones is 1. The van der Waals surface area contributed by atoms with E-state index in [-0.39, 0.29) is 11.5 Å². The average molecular weight is 204 g/mol. The van der Waals surface area contributed by atoms with E-state index in [1.165, 1.54) is 11.6 Å². The molecule has 0 atom stereocenters. The molecule has 1 aromatic heterocycles. The Morgan fingerprint density at radius 1 is 1.40 bits per heavy atom. The highest BCUT2D eigenvalue weighted by molar-refractivity contribution is 5.92. The van der Waals surface area contributed by atoms with E-state index in [9.17, 15) is 9.90 Å². The molecule has 0 spiro atoms. The van der Waals surface area contributed by atoms with Crippen LogP contribution in [0.3, 0.4) is 0 Å². The smallest absolute Gasteiger partial charge is 0.305 e. The number of Topliss-reactive ketones (excluding diaryl/α,β-unsaturated/α-hetero) is 1. The van der Waals surface area contributed by atoms with Crippen molar-refractivity contribution in [3.8, 4) is 11.6 Å². The van der Waals surface area contributed by atoms with Crippen LogP contribution in [0.15, 0.2) is 34.9 Å². The summed E-state index contributed by atoms with van der Waals surface area (Å²) >= 11 is 0. The Labute approximate surface area is 85.5 Å². The van der Waals surface area contributed by atoms with Crippen molar-refractivity contribution in [2.45, 2.75) is 6.92 Å². The molecule has 1 heterocycles. The van der Waals surface area contributed by atoms with Crippen LogP contribution in [0, 0.1) is 0 Å². The fourth-order valence-corrected chi connectivity index (χ4v) is 1.29. The van der Waals surface area contributed by atoms with Gasteiger partial charge < -0.3 is 9.63 Å². The van der Waals surface area contributed by atoms with Gasteiger partial charge in [-0.3, -0.25) is 4.79 Å². The summed E-state index contributed by atoms with van der Waals surface area (Å²) < 4.78 is 5.65. The molecule has 0 bridgehead atoms. The number of carbonyl (C=O) groups excluding carboxylic acids is 1. The minimum absolute atomic E-state index is 0.0683. The molecule has 0 aliphatic heterocycles. The Bertz CT molecular complexity index is 491. The second kappa shape index (κ2) is 3.53. The van der Waals surface area contributed by atoms with E-state index in [1.807, 2.05) is 6.07 Å². The summed E-state index contributed by atoms with van der Waals surface area (Å²) in [6.45, 7) is 1.30. The average Bonchev–Trinajstić information content (AvgIpc) is 2.61. The summed E-state index contributed by atoms with van der Waals surface area (Å²) in [6.07, 6.45) is 0. The zero-order valence-corrected chi connectivity index (χ0v) is 8.01. The summed E-state index contributed by atoms with van der Waals surface area (Å²) in [6, 6.07) is 8.86. The molecule has 5 nitrogen and oxygen atoms in total. The largest absolute Gasteiger partial charge is 0.539 e. The van der Waals surface area contributed by atoms with Crippen LogP contribution in [0.25, 0.3) is 5.69 Å². The molecular formula is C10H8N2O3. The minimum Gasteiger partial charge on any atom is -0.539 e. The summed E-state index contributed by atoms with van der Waals surface area (Å²) in [4.78, 5) is 11.2. The zero-order chi connectivity index (χ0) is 10.8. The van der Waals surface area contributed by atoms with Gasteiger partial charge in [0, 0.05) is 19.1 Å². The van der Waals surface area contributed by atoms with Crippen LogP contribution in [-0.4, -0.2) is 11.1 Å². The maximum Gasteiger partial charge on any atom is 0.305 e. The van der Waals surface area contributed by atoms with E-state index in [2.05, 4.69) is 9.79 Å². The predicted molar refractivity (Wildman–Crippen MR) is 47.5 cm³/mol. The van der Waals surface area contributed by atoms with Crippen LogP contribution in [0.1, 0.15) is 17.4 Å². The highest BCUT2D eigenvalue weighted by Gasteiger charge is 2.23. The van der Waals surface area contributed by atoms with Crippen molar-refractivity contribution >= 4 is 5.78 Å². The van der Waals surface area contributed by atoms with Crippen molar-refractivity contribution in [3.63, 3.8) is 0 Å². The lowest BCUT2D eigenvalue weighted by Gasteiger charge is -1.92. The van der Waals surface area contributed by atoms with Crippen molar-refractivity contribution in [1.82, 2.24) is 5.27 Å². The number of aromatic nitrogens is 2. The topological polar surface area (TPSA) is 70.0 Å². The van der Waals surface area contributed by atoms with Gasteiger partial charge in [-0.15, -0.1) is 0 Å². The second-order valence-corrected chi connectivity index (χ2v) is 3.01. The summed E-state index contributed by atoms with van der Waals surface area (Å²) in [5, 5.41) is 14.7. The molecule has 1 aromatic carbocycles. The van der Waals surface area contributed by atoms with Crippen LogP contribution in [-0.2, 0) is 0 Å². The van der Waals surface area contributed by atoms with Crippen molar-refractivity contribution < 1.29 is 19.1 Å². The minimum atomic E-state index is -0.716. The van der Waals surface area contributed by atoms with Crippen molar-refractivity contribution in [2.75, 3.05) is 0 Å². The van der Waals surface area contributed by atoms with Gasteiger partial charge in [0.2, 0.25) is 11.5 Å². The molecule has 2 rings (SSSR count). The molecule has 0 N–H and O–H groups in total. The third kappa shape index (κ3) is 1.59. The molecule has 0 amide bonds. The first-order valence-corrected chi connectivity index (χ1v) is 4.35. The monoisotopic (exact) mass is 204 g/mol. The van der Waals surface area contributed by atoms with Gasteiger partial charge in [0.25, 0.3) is 0 Å². The van der Waals surface area contributed by atoms with Crippen molar-refractivity contribution in [3.05, 3.63) is 36.0 Å². The molecule has 5 heteroatoms. The van der Waals surface area contributed by atoms with Gasteiger partial charge in [0.1, 0.15) is 0 Å². The lowest BCUT2D eigenvalue weighted by Crippen LogP contribution is -2.38. The second-order valence-electron chi connectivity index (χ2n) is 3.01. The predicted octanol–water partition coefficient (Wildman–Crippen LogP) is 0.227. The number of hydrogen-bond acceptors (Lipinski definition) is 4. The SMILES string of the molecule is CC(=O)c1c([O-])on[n+]1-c1ccccc1. The van der Waals surface area contributed by atoms with Gasteiger partial charge in [-0.1, -0.05) is 18.2 Å². The van der Waals surface area contributed by atoms with Crippen LogP contribution in [0.4, 0.5) is 0 Å². The third-order valence-electron chi connectivity index (χ3n) is 1.94. The maximum absolute atomic E-state index is 11.2. The fourth-order valence-electron chi connectivity index (χ4n) is 1.29. The van der Waals surface area contributed by atoms with E-state index < -0.39 is 5.95 Å². The summed E-state index contributed by atoms with van der Waals surface area (Å²) in [5.41, 5.74) is 0.551. The van der Waals surface area contributed by atoms with Gasteiger partial charge >= 0.3 is 5.69 Å². The summed E-state index contributed by atoms with van der Waals surface area (Å²) in [5.74, 6) is -1.09. The Hall–Kier alpha value is -2.17. The summed E-state index contributed by atoms with van der Waals surface area (Å²) in [7, 11) is 0. The normalized spacial score (nSPS) is 10.2. The fraction of sp³-hybridized carbons (Fsp3) is 0.100. The number of rotatable bonds is 2. The van der Waals surface area contributed by atoms with Gasteiger partial charge in [-0.05, 0) is 4.68 Å². The van der Waals surface area contributed by atoms with Crippen molar-refractivity contribution in [2.24, 2.45) is 0 Å². The molecule has 76 valence electrons. The first kappa shape index (κ1) is 9.39. The molecule has 0 saturated carbocycles. The number of carbonyl (C=O) groups is 1. The molecule has 0 aliphatic carbocycles. The van der Waals surface area contributed by atoms with Gasteiger partial charge in [0.15, 0.2) is 5.95 Å². The molecule has 0 unspecified atom stereocenters. The van der Waals surface area contributed by atoms with Crippen molar-refractivity contribution in [1.29, 1.82) is 0 Å². The number of benzene rings is 1. The Balaban J connectivity index is 2.59. The zero-order valence-electron chi connectivity index (χ0n) is 8.01. The highest BCUT2D eigenvalue weighted by atomic mass is 16.6. The van der Waals surface area contributed by atoms with E-state index in [0.717, 1.165) is 0 Å². The maximum atomic E-state index is 11.2. The van der Waals surface area contributed by atoms with Gasteiger partial charge in [-0.2, -0.15) is 0 Å². The molecule has 0 aliphatic rings. The van der Waals surface area contributed by atoms with E-state index in [4.69, 9.17) is 0 Å². The number of nitrogens with zero attached hydrogens (tertiary/aromatic N) is 2. The lowest BCUT2D eigenvalue weighted by molar-refractivity contribution is -0.672. The molecule has 0 radical (unpaired) electrons. The molecule has 15 heavy (non-hydrogen) atoms. The van der Waals surface area contributed by atoms with Crippen LogP contribution >= 0.6 is 0 Å². The standard InChI is InChI=1S/C10H8N2O3/c1-7(13)9-10(14)15-11-12(9)8-5-3-2-4-6-8/h2-6H,1H3. The quantitative estimate of drug-likeness (QED) is 0.518. The highest BCUT2D eigenvalue weighted by Crippen LogP contribution is 2.10. The number of hydrogen-bond donors (Lipinski definition) is 0. The molecule has 0 fully saturated rings. The van der Waals surface area contributed by atoms with E-state index in [0.29, 0.717) is 5.69 Å². The Morgan fingerprint density at radius 3 is 2.67 bits per heavy atom. The molecule has 2 aromatic rings. The first-order chi connectivity index (χ1) is 7.20. The van der Waals surface area contributed by atoms with Gasteiger partial charge in [0.05, 0.1) is 5.27 Å². The third-order valence-corrected chi connectivity index (χ3v) is 1.94. The van der Waals surface area contributed by atoms with Crippen LogP contribution in [0.2, 0.25) is 0 Å². The Kier molecular flexibility index (Phi) is 2.21. The van der Waals surface area contributed by atoms with E-state index >= 15 is 0 Å². The van der Waals surface area contributed by atoms with E-state index in [1.54, 1.807) is 24.3 Å². The van der Waals surface area contributed by atoms with Gasteiger partial charge in [-0.25, -0.2) is 0 Å². The Morgan fingerprint density at radius 2 is 2.07 bits per heavy atom. The first-order valence-electron chi connectivity index (χ1n) is 4.35. The number of para-hydroxylation sites is 1. The van der Waals surface area contributed by atoms with Crippen LogP contribution in [0.5, 0.6) is 5.95 Å². The van der Waals surface area contributed by atoms with Crippen LogP contribution < -0.4 is 9.79 Å².